The number of piperidine rings is 1. The highest BCUT2D eigenvalue weighted by molar-refractivity contribution is 9.10. The number of carbonyl (C=O) groups excluding carboxylic acids is 1. The summed E-state index contributed by atoms with van der Waals surface area (Å²) in [6.45, 7) is -0.106. The molecule has 1 saturated carbocycles. The molecule has 0 radical (unpaired) electrons. The van der Waals surface area contributed by atoms with Gasteiger partial charge in [-0.3, -0.25) is 0 Å². The summed E-state index contributed by atoms with van der Waals surface area (Å²) in [7, 11) is -4.51. The number of sulfonamides is 1. The summed E-state index contributed by atoms with van der Waals surface area (Å²) < 4.78 is 77.1. The van der Waals surface area contributed by atoms with Crippen LogP contribution in [-0.2, 0) is 27.8 Å². The van der Waals surface area contributed by atoms with Gasteiger partial charge >= 0.3 is 6.09 Å². The van der Waals surface area contributed by atoms with Crippen LogP contribution in [-0.4, -0.2) is 49.2 Å². The van der Waals surface area contributed by atoms with Gasteiger partial charge in [-0.1, -0.05) is 42.5 Å². The minimum Gasteiger partial charge on any atom is -0.445 e. The summed E-state index contributed by atoms with van der Waals surface area (Å²) in [4.78, 5) is 14.2. The van der Waals surface area contributed by atoms with Gasteiger partial charge in [0.05, 0.1) is 16.6 Å². The molecule has 0 unspecified atom stereocenters. The molecule has 1 heterocycles. The number of halogens is 4. The predicted molar refractivity (Wildman–Crippen MR) is 123 cm³/mol. The highest BCUT2D eigenvalue weighted by Crippen LogP contribution is 2.45. The Morgan fingerprint density at radius 2 is 1.88 bits per heavy atom. The molecule has 1 aliphatic carbocycles. The Kier molecular flexibility index (Phi) is 7.25. The fraction of sp³-hybridized carbons (Fsp3) is 0.435. The van der Waals surface area contributed by atoms with E-state index in [0.29, 0.717) is 0 Å². The van der Waals surface area contributed by atoms with Crippen LogP contribution in [0.4, 0.5) is 18.0 Å². The van der Waals surface area contributed by atoms with Crippen molar-refractivity contribution in [1.82, 2.24) is 9.62 Å². The van der Waals surface area contributed by atoms with E-state index in [-0.39, 0.29) is 48.9 Å². The van der Waals surface area contributed by atoms with Gasteiger partial charge in [-0.25, -0.2) is 31.1 Å². The standard InChI is InChI=1S/C23H24BrF3N2O4S/c24-17-8-4-7-16(20(17)26)13-19-21(28-34(31,32)23(27)10-11-23)18(25)9-12-29(19)22(30)33-14-15-5-2-1-3-6-15/h1-8,18-19,21,28H,9-14H2/t18-,19-,21-/m0/s1. The molecule has 3 atom stereocenters. The van der Waals surface area contributed by atoms with Gasteiger partial charge in [-0.15, -0.1) is 0 Å². The molecule has 2 aliphatic rings. The lowest BCUT2D eigenvalue weighted by Crippen LogP contribution is -2.63. The van der Waals surface area contributed by atoms with Crippen LogP contribution in [0.2, 0.25) is 0 Å². The van der Waals surface area contributed by atoms with Crippen LogP contribution in [0.1, 0.15) is 30.4 Å². The average molecular weight is 561 g/mol. The van der Waals surface area contributed by atoms with Gasteiger partial charge in [0.15, 0.2) is 0 Å². The quantitative estimate of drug-likeness (QED) is 0.535. The molecule has 34 heavy (non-hydrogen) atoms. The number of rotatable bonds is 7. The SMILES string of the molecule is O=C(OCc1ccccc1)N1CC[C@H](F)[C@H](NS(=O)(=O)C2(F)CC2)[C@@H]1Cc1cccc(Br)c1F. The number of carbonyl (C=O) groups is 1. The lowest BCUT2D eigenvalue weighted by molar-refractivity contribution is 0.0352. The Bertz CT molecular complexity index is 1150. The molecule has 0 bridgehead atoms. The largest absolute Gasteiger partial charge is 0.445 e. The van der Waals surface area contributed by atoms with Crippen LogP contribution >= 0.6 is 15.9 Å². The summed E-state index contributed by atoms with van der Waals surface area (Å²) >= 11 is 3.10. The Hall–Kier alpha value is -2.11. The maximum Gasteiger partial charge on any atom is 0.410 e. The van der Waals surface area contributed by atoms with Gasteiger partial charge < -0.3 is 9.64 Å². The first-order valence-corrected chi connectivity index (χ1v) is 13.1. The normalized spacial score (nSPS) is 24.0. The predicted octanol–water partition coefficient (Wildman–Crippen LogP) is 4.63. The molecular formula is C23H24BrF3N2O4S. The number of alkyl halides is 2. The van der Waals surface area contributed by atoms with Crippen LogP contribution < -0.4 is 4.72 Å². The van der Waals surface area contributed by atoms with E-state index < -0.39 is 45.2 Å². The van der Waals surface area contributed by atoms with Crippen molar-refractivity contribution in [2.45, 2.75) is 55.5 Å². The van der Waals surface area contributed by atoms with Crippen LogP contribution in [0.25, 0.3) is 0 Å². The second-order valence-corrected chi connectivity index (χ2v) is 11.4. The first kappa shape index (κ1) is 25.0. The zero-order valence-electron chi connectivity index (χ0n) is 18.1. The maximum atomic E-state index is 15.1. The number of amides is 1. The first-order valence-electron chi connectivity index (χ1n) is 10.9. The number of nitrogens with one attached hydrogen (secondary N) is 1. The van der Waals surface area contributed by atoms with Crippen molar-refractivity contribution >= 4 is 32.0 Å². The molecule has 2 aromatic rings. The molecular weight excluding hydrogens is 537 g/mol. The number of likely N-dealkylation sites (tertiary alicyclic amines) is 1. The van der Waals surface area contributed by atoms with Crippen molar-refractivity contribution in [1.29, 1.82) is 0 Å². The molecule has 184 valence electrons. The van der Waals surface area contributed by atoms with Gasteiger partial charge in [0.1, 0.15) is 18.6 Å². The van der Waals surface area contributed by atoms with E-state index >= 15 is 4.39 Å². The lowest BCUT2D eigenvalue weighted by Gasteiger charge is -2.42. The minimum absolute atomic E-state index is 0.0445. The van der Waals surface area contributed by atoms with Gasteiger partial charge in [-0.2, -0.15) is 0 Å². The van der Waals surface area contributed by atoms with Gasteiger partial charge in [0, 0.05) is 19.4 Å². The molecule has 11 heteroatoms. The molecule has 1 N–H and O–H groups in total. The van der Waals surface area contributed by atoms with Crippen LogP contribution in [0.5, 0.6) is 0 Å². The fourth-order valence-corrected chi connectivity index (χ4v) is 5.97. The number of hydrogen-bond acceptors (Lipinski definition) is 4. The summed E-state index contributed by atoms with van der Waals surface area (Å²) in [6, 6.07) is 10.9. The van der Waals surface area contributed by atoms with Gasteiger partial charge in [-0.05, 0) is 46.0 Å². The first-order chi connectivity index (χ1) is 16.1. The second kappa shape index (κ2) is 9.87. The molecule has 2 fully saturated rings. The van der Waals surface area contributed by atoms with Crippen molar-refractivity contribution in [3.8, 4) is 0 Å². The molecule has 0 aromatic heterocycles. The zero-order chi connectivity index (χ0) is 24.5. The molecule has 1 saturated heterocycles. The summed E-state index contributed by atoms with van der Waals surface area (Å²) in [5.41, 5.74) is 0.885. The summed E-state index contributed by atoms with van der Waals surface area (Å²) in [5, 5.41) is -2.45. The molecule has 2 aromatic carbocycles. The highest BCUT2D eigenvalue weighted by atomic mass is 79.9. The van der Waals surface area contributed by atoms with Crippen molar-refractivity contribution < 1.29 is 31.1 Å². The average Bonchev–Trinajstić information content (AvgIpc) is 3.57. The third-order valence-electron chi connectivity index (χ3n) is 6.17. The van der Waals surface area contributed by atoms with E-state index in [0.717, 1.165) is 5.56 Å². The molecule has 1 aliphatic heterocycles. The molecule has 1 amide bonds. The Morgan fingerprint density at radius 3 is 2.56 bits per heavy atom. The Morgan fingerprint density at radius 1 is 1.18 bits per heavy atom. The topological polar surface area (TPSA) is 75.7 Å². The fourth-order valence-electron chi connectivity index (χ4n) is 4.04. The Balaban J connectivity index is 1.61. The molecule has 0 spiro atoms. The van der Waals surface area contributed by atoms with E-state index in [1.54, 1.807) is 30.3 Å². The van der Waals surface area contributed by atoms with Gasteiger partial charge in [0.2, 0.25) is 15.0 Å². The van der Waals surface area contributed by atoms with Crippen molar-refractivity contribution in [3.05, 3.63) is 69.9 Å². The van der Waals surface area contributed by atoms with E-state index in [2.05, 4.69) is 20.7 Å². The summed E-state index contributed by atoms with van der Waals surface area (Å²) in [6.07, 6.45) is -3.22. The monoisotopic (exact) mass is 560 g/mol. The van der Waals surface area contributed by atoms with E-state index in [9.17, 15) is 22.0 Å². The van der Waals surface area contributed by atoms with Crippen LogP contribution in [0.15, 0.2) is 53.0 Å². The van der Waals surface area contributed by atoms with Gasteiger partial charge in [0.25, 0.3) is 0 Å². The van der Waals surface area contributed by atoms with Crippen LogP contribution in [0, 0.1) is 5.82 Å². The van der Waals surface area contributed by atoms with E-state index in [1.807, 2.05) is 6.07 Å². The maximum absolute atomic E-state index is 15.1. The number of benzene rings is 2. The van der Waals surface area contributed by atoms with Crippen molar-refractivity contribution in [3.63, 3.8) is 0 Å². The summed E-state index contributed by atoms with van der Waals surface area (Å²) in [5.74, 6) is -0.605. The third-order valence-corrected chi connectivity index (χ3v) is 8.73. The number of ether oxygens (including phenoxy) is 1. The number of hydrogen-bond donors (Lipinski definition) is 1. The third kappa shape index (κ3) is 5.26. The lowest BCUT2D eigenvalue weighted by atomic mass is 9.90. The van der Waals surface area contributed by atoms with Crippen LogP contribution in [0.3, 0.4) is 0 Å². The van der Waals surface area contributed by atoms with E-state index in [4.69, 9.17) is 4.74 Å². The molecule has 4 rings (SSSR count). The second-order valence-electron chi connectivity index (χ2n) is 8.55. The smallest absolute Gasteiger partial charge is 0.410 e. The number of nitrogens with zero attached hydrogens (tertiary/aromatic N) is 1. The minimum atomic E-state index is -4.51. The van der Waals surface area contributed by atoms with Crippen molar-refractivity contribution in [2.75, 3.05) is 6.54 Å². The van der Waals surface area contributed by atoms with Crippen molar-refractivity contribution in [2.24, 2.45) is 0 Å². The zero-order valence-corrected chi connectivity index (χ0v) is 20.5. The Labute approximate surface area is 204 Å². The van der Waals surface area contributed by atoms with E-state index in [1.165, 1.54) is 17.0 Å². The highest BCUT2D eigenvalue weighted by Gasteiger charge is 2.57. The molecule has 6 nitrogen and oxygen atoms in total.